The summed E-state index contributed by atoms with van der Waals surface area (Å²) in [5, 5.41) is 0. The van der Waals surface area contributed by atoms with Crippen LogP contribution < -0.4 is 4.90 Å². The second-order valence-electron chi connectivity index (χ2n) is 5.59. The van der Waals surface area contributed by atoms with Crippen LogP contribution in [0.3, 0.4) is 0 Å². The Kier molecular flexibility index (Phi) is 4.56. The average Bonchev–Trinajstić information content (AvgIpc) is 2.61. The molecule has 128 valence electrons. The van der Waals surface area contributed by atoms with Gasteiger partial charge in [0, 0.05) is 24.3 Å². The van der Waals surface area contributed by atoms with Gasteiger partial charge < -0.3 is 9.80 Å². The van der Waals surface area contributed by atoms with Crippen molar-refractivity contribution >= 4 is 23.3 Å². The summed E-state index contributed by atoms with van der Waals surface area (Å²) >= 11 is 0. The normalized spacial score (nSPS) is 14.8. The number of hydrogen-bond donors (Lipinski definition) is 0. The molecule has 1 saturated heterocycles. The van der Waals surface area contributed by atoms with Gasteiger partial charge in [-0.1, -0.05) is 0 Å². The van der Waals surface area contributed by atoms with Crippen molar-refractivity contribution in [2.45, 2.75) is 0 Å². The molecule has 3 rings (SSSR count). The molecule has 25 heavy (non-hydrogen) atoms. The van der Waals surface area contributed by atoms with Crippen LogP contribution in [-0.4, -0.2) is 42.1 Å². The van der Waals surface area contributed by atoms with Gasteiger partial charge in [-0.25, -0.2) is 8.78 Å². The third-order valence-electron chi connectivity index (χ3n) is 3.95. The number of hydrogen-bond acceptors (Lipinski definition) is 3. The van der Waals surface area contributed by atoms with E-state index in [0.717, 1.165) is 17.0 Å². The van der Waals surface area contributed by atoms with E-state index in [2.05, 4.69) is 0 Å². The van der Waals surface area contributed by atoms with Gasteiger partial charge >= 0.3 is 11.8 Å². The maximum Gasteiger partial charge on any atom is 0.316 e. The molecule has 2 amide bonds. The molecule has 7 heteroatoms. The van der Waals surface area contributed by atoms with Crippen LogP contribution in [0.4, 0.5) is 14.5 Å². The molecule has 1 fully saturated rings. The summed E-state index contributed by atoms with van der Waals surface area (Å²) in [4.78, 5) is 39.1. The van der Waals surface area contributed by atoms with Crippen molar-refractivity contribution in [2.75, 3.05) is 24.5 Å². The summed E-state index contributed by atoms with van der Waals surface area (Å²) < 4.78 is 25.9. The van der Waals surface area contributed by atoms with E-state index >= 15 is 0 Å². The number of rotatable bonds is 4. The van der Waals surface area contributed by atoms with E-state index in [1.54, 1.807) is 0 Å². The number of Topliss-reactive ketones (excluding diaryl/α,β-unsaturated/α-hetero) is 1. The first-order valence-corrected chi connectivity index (χ1v) is 7.61. The Morgan fingerprint density at radius 3 is 2.00 bits per heavy atom. The van der Waals surface area contributed by atoms with Crippen molar-refractivity contribution in [2.24, 2.45) is 0 Å². The van der Waals surface area contributed by atoms with E-state index in [1.807, 2.05) is 0 Å². The lowest BCUT2D eigenvalue weighted by molar-refractivity contribution is -0.145. The van der Waals surface area contributed by atoms with Gasteiger partial charge in [0.1, 0.15) is 11.6 Å². The van der Waals surface area contributed by atoms with Gasteiger partial charge in [0.25, 0.3) is 0 Å². The second-order valence-corrected chi connectivity index (χ2v) is 5.59. The lowest BCUT2D eigenvalue weighted by Gasteiger charge is -2.33. The zero-order valence-electron chi connectivity index (χ0n) is 13.1. The van der Waals surface area contributed by atoms with Crippen molar-refractivity contribution in [1.82, 2.24) is 4.90 Å². The molecule has 0 aromatic heterocycles. The van der Waals surface area contributed by atoms with E-state index < -0.39 is 23.4 Å². The van der Waals surface area contributed by atoms with Gasteiger partial charge in [-0.05, 0) is 48.5 Å². The molecule has 0 aliphatic carbocycles. The number of piperazine rings is 1. The van der Waals surface area contributed by atoms with E-state index in [1.165, 1.54) is 41.3 Å². The first kappa shape index (κ1) is 16.8. The molecule has 1 heterocycles. The number of ketones is 1. The Balaban J connectivity index is 1.69. The largest absolute Gasteiger partial charge is 0.325 e. The Labute approximate surface area is 142 Å². The fourth-order valence-corrected chi connectivity index (χ4v) is 2.59. The molecule has 2 aromatic carbocycles. The van der Waals surface area contributed by atoms with E-state index in [9.17, 15) is 23.2 Å². The Morgan fingerprint density at radius 2 is 1.40 bits per heavy atom. The molecule has 0 N–H and O–H groups in total. The number of carbonyl (C=O) groups excluding carboxylic acids is 3. The average molecular weight is 344 g/mol. The Bertz CT molecular complexity index is 819. The predicted octanol–water partition coefficient (Wildman–Crippen LogP) is 2.02. The molecule has 5 nitrogen and oxygen atoms in total. The van der Waals surface area contributed by atoms with Crippen LogP contribution >= 0.6 is 0 Å². The first-order chi connectivity index (χ1) is 12.0. The van der Waals surface area contributed by atoms with Crippen LogP contribution in [0.2, 0.25) is 0 Å². The molecule has 1 aliphatic heterocycles. The third kappa shape index (κ3) is 3.55. The lowest BCUT2D eigenvalue weighted by atomic mass is 10.1. The summed E-state index contributed by atoms with van der Waals surface area (Å²) in [5.74, 6) is -2.85. The lowest BCUT2D eigenvalue weighted by Crippen LogP contribution is -2.55. The van der Waals surface area contributed by atoms with Crippen molar-refractivity contribution in [1.29, 1.82) is 0 Å². The summed E-state index contributed by atoms with van der Waals surface area (Å²) in [5.41, 5.74) is 0.687. The van der Waals surface area contributed by atoms with Crippen LogP contribution in [0.15, 0.2) is 48.5 Å². The van der Waals surface area contributed by atoms with Crippen LogP contribution in [0.1, 0.15) is 10.4 Å². The van der Waals surface area contributed by atoms with Crippen molar-refractivity contribution in [3.05, 3.63) is 65.7 Å². The van der Waals surface area contributed by atoms with Gasteiger partial charge in [0.05, 0.1) is 6.54 Å². The first-order valence-electron chi connectivity index (χ1n) is 7.61. The SMILES string of the molecule is O=C(CN1CCN(c2ccc(F)cc2)C(=O)C1=O)c1ccc(F)cc1. The van der Waals surface area contributed by atoms with Gasteiger partial charge in [0.2, 0.25) is 0 Å². The maximum atomic E-state index is 13.0. The number of halogens is 2. The number of amides is 2. The number of nitrogens with zero attached hydrogens (tertiary/aromatic N) is 2. The zero-order valence-corrected chi connectivity index (χ0v) is 13.1. The van der Waals surface area contributed by atoms with Gasteiger partial charge in [0.15, 0.2) is 5.78 Å². The highest BCUT2D eigenvalue weighted by molar-refractivity contribution is 6.41. The fraction of sp³-hybridized carbons (Fsp3) is 0.167. The van der Waals surface area contributed by atoms with Crippen LogP contribution in [0.5, 0.6) is 0 Å². The topological polar surface area (TPSA) is 57.7 Å². The molecule has 2 aromatic rings. The summed E-state index contributed by atoms with van der Waals surface area (Å²) in [6.45, 7) is 0.120. The summed E-state index contributed by atoms with van der Waals surface area (Å²) in [6, 6.07) is 10.2. The van der Waals surface area contributed by atoms with Crippen LogP contribution in [0.25, 0.3) is 0 Å². The molecular weight excluding hydrogens is 330 g/mol. The number of benzene rings is 2. The van der Waals surface area contributed by atoms with E-state index in [0.29, 0.717) is 5.69 Å². The van der Waals surface area contributed by atoms with Crippen molar-refractivity contribution < 1.29 is 23.2 Å². The second kappa shape index (κ2) is 6.80. The van der Waals surface area contributed by atoms with E-state index in [-0.39, 0.29) is 31.0 Å². The zero-order chi connectivity index (χ0) is 18.0. The molecule has 0 saturated carbocycles. The van der Waals surface area contributed by atoms with Gasteiger partial charge in [-0.3, -0.25) is 14.4 Å². The molecule has 0 spiro atoms. The molecular formula is C18H14F2N2O3. The number of carbonyl (C=O) groups is 3. The fourth-order valence-electron chi connectivity index (χ4n) is 2.59. The summed E-state index contributed by atoms with van der Waals surface area (Å²) in [7, 11) is 0. The van der Waals surface area contributed by atoms with Gasteiger partial charge in [-0.2, -0.15) is 0 Å². The minimum absolute atomic E-state index is 0.175. The quantitative estimate of drug-likeness (QED) is 0.630. The van der Waals surface area contributed by atoms with Crippen molar-refractivity contribution in [3.8, 4) is 0 Å². The van der Waals surface area contributed by atoms with Gasteiger partial charge in [-0.15, -0.1) is 0 Å². The standard InChI is InChI=1S/C18H14F2N2O3/c19-13-3-1-12(2-4-13)16(23)11-21-9-10-22(18(25)17(21)24)15-7-5-14(20)6-8-15/h1-8H,9-11H2. The number of anilines is 1. The highest BCUT2D eigenvalue weighted by Gasteiger charge is 2.34. The highest BCUT2D eigenvalue weighted by Crippen LogP contribution is 2.18. The van der Waals surface area contributed by atoms with Crippen LogP contribution in [-0.2, 0) is 9.59 Å². The third-order valence-corrected chi connectivity index (χ3v) is 3.95. The molecule has 0 atom stereocenters. The molecule has 0 unspecified atom stereocenters. The molecule has 1 aliphatic rings. The Hall–Kier alpha value is -3.09. The monoisotopic (exact) mass is 344 g/mol. The minimum Gasteiger partial charge on any atom is -0.325 e. The highest BCUT2D eigenvalue weighted by atomic mass is 19.1. The predicted molar refractivity (Wildman–Crippen MR) is 86.1 cm³/mol. The molecule has 0 bridgehead atoms. The minimum atomic E-state index is -0.800. The maximum absolute atomic E-state index is 13.0. The molecule has 0 radical (unpaired) electrons. The Morgan fingerprint density at radius 1 is 0.840 bits per heavy atom. The van der Waals surface area contributed by atoms with Crippen molar-refractivity contribution in [3.63, 3.8) is 0 Å². The van der Waals surface area contributed by atoms with E-state index in [4.69, 9.17) is 0 Å². The van der Waals surface area contributed by atoms with Crippen LogP contribution in [0, 0.1) is 11.6 Å². The summed E-state index contributed by atoms with van der Waals surface area (Å²) in [6.07, 6.45) is 0. The smallest absolute Gasteiger partial charge is 0.316 e.